The molecule has 0 N–H and O–H groups in total. The largest absolute Gasteiger partial charge is 0.353 e. The molecule has 0 radical (unpaired) electrons. The van der Waals surface area contributed by atoms with Gasteiger partial charge in [0.2, 0.25) is 5.91 Å². The molecule has 2 aromatic heterocycles. The predicted octanol–water partition coefficient (Wildman–Crippen LogP) is 2.50. The zero-order chi connectivity index (χ0) is 15.4. The average molecular weight is 298 g/mol. The summed E-state index contributed by atoms with van der Waals surface area (Å²) >= 11 is 0. The molecule has 3 heterocycles. The first-order chi connectivity index (χ1) is 10.8. The summed E-state index contributed by atoms with van der Waals surface area (Å²) in [7, 11) is 2.05. The highest BCUT2D eigenvalue weighted by atomic mass is 16.2. The van der Waals surface area contributed by atoms with Gasteiger partial charge in [0.1, 0.15) is 5.82 Å². The van der Waals surface area contributed by atoms with Gasteiger partial charge in [0.25, 0.3) is 0 Å². The van der Waals surface area contributed by atoms with E-state index in [9.17, 15) is 4.79 Å². The predicted molar refractivity (Wildman–Crippen MR) is 84.1 cm³/mol. The fourth-order valence-corrected chi connectivity index (χ4v) is 3.18. The minimum atomic E-state index is 0.206. The molecule has 0 bridgehead atoms. The highest BCUT2D eigenvalue weighted by Gasteiger charge is 2.28. The second-order valence-electron chi connectivity index (χ2n) is 5.81. The van der Waals surface area contributed by atoms with E-state index in [1.807, 2.05) is 24.2 Å². The van der Waals surface area contributed by atoms with Crippen LogP contribution in [-0.2, 0) is 18.3 Å². The Morgan fingerprint density at radius 1 is 1.27 bits per heavy atom. The number of rotatable bonds is 4. The molecule has 1 aliphatic heterocycles. The minimum absolute atomic E-state index is 0.206. The summed E-state index contributed by atoms with van der Waals surface area (Å²) in [6.07, 6.45) is 9.90. The number of amides is 1. The first-order valence-corrected chi connectivity index (χ1v) is 7.92. The number of nitrogens with zero attached hydrogens (tertiary/aromatic N) is 4. The van der Waals surface area contributed by atoms with E-state index in [0.717, 1.165) is 25.2 Å². The van der Waals surface area contributed by atoms with E-state index in [-0.39, 0.29) is 11.9 Å². The summed E-state index contributed by atoms with van der Waals surface area (Å²) in [6, 6.07) is 6.17. The van der Waals surface area contributed by atoms with Crippen LogP contribution in [0.15, 0.2) is 36.8 Å². The van der Waals surface area contributed by atoms with Gasteiger partial charge in [-0.3, -0.25) is 4.79 Å². The van der Waals surface area contributed by atoms with E-state index in [4.69, 9.17) is 0 Å². The Morgan fingerprint density at radius 3 is 2.82 bits per heavy atom. The topological polar surface area (TPSA) is 51.0 Å². The maximum absolute atomic E-state index is 12.6. The van der Waals surface area contributed by atoms with Crippen molar-refractivity contribution in [2.75, 3.05) is 6.54 Å². The molecule has 1 unspecified atom stereocenters. The Kier molecular flexibility index (Phi) is 4.51. The minimum Gasteiger partial charge on any atom is -0.353 e. The molecule has 5 heteroatoms. The lowest BCUT2D eigenvalue weighted by Crippen LogP contribution is -2.39. The van der Waals surface area contributed by atoms with Crippen LogP contribution < -0.4 is 0 Å². The number of hydrogen-bond acceptors (Lipinski definition) is 3. The Labute approximate surface area is 131 Å². The van der Waals surface area contributed by atoms with Crippen molar-refractivity contribution in [2.45, 2.75) is 38.1 Å². The second kappa shape index (κ2) is 6.73. The first-order valence-electron chi connectivity index (χ1n) is 7.92. The molecule has 1 saturated heterocycles. The van der Waals surface area contributed by atoms with Gasteiger partial charge in [-0.15, -0.1) is 0 Å². The summed E-state index contributed by atoms with van der Waals surface area (Å²) in [5.74, 6) is 0.946. The van der Waals surface area contributed by atoms with Crippen molar-refractivity contribution >= 4 is 5.91 Å². The van der Waals surface area contributed by atoms with Gasteiger partial charge in [-0.05, 0) is 37.5 Å². The van der Waals surface area contributed by atoms with Crippen molar-refractivity contribution < 1.29 is 4.79 Å². The van der Waals surface area contributed by atoms with Crippen LogP contribution in [0.1, 0.15) is 43.2 Å². The van der Waals surface area contributed by atoms with Gasteiger partial charge < -0.3 is 9.47 Å². The van der Waals surface area contributed by atoms with Crippen molar-refractivity contribution in [3.63, 3.8) is 0 Å². The summed E-state index contributed by atoms with van der Waals surface area (Å²) in [5, 5.41) is 0. The van der Waals surface area contributed by atoms with Crippen LogP contribution in [0.5, 0.6) is 0 Å². The van der Waals surface area contributed by atoms with Crippen LogP contribution in [-0.4, -0.2) is 31.9 Å². The molecule has 1 amide bonds. The van der Waals surface area contributed by atoms with Crippen molar-refractivity contribution in [1.29, 1.82) is 0 Å². The van der Waals surface area contributed by atoms with Gasteiger partial charge in [-0.1, -0.05) is 0 Å². The number of aryl methyl sites for hydroxylation is 2. The van der Waals surface area contributed by atoms with Crippen LogP contribution in [0, 0.1) is 0 Å². The zero-order valence-corrected chi connectivity index (χ0v) is 13.0. The molecule has 1 fully saturated rings. The quantitative estimate of drug-likeness (QED) is 0.871. The highest BCUT2D eigenvalue weighted by molar-refractivity contribution is 5.77. The van der Waals surface area contributed by atoms with Gasteiger partial charge >= 0.3 is 0 Å². The van der Waals surface area contributed by atoms with Gasteiger partial charge in [-0.2, -0.15) is 0 Å². The Bertz CT molecular complexity index is 623. The van der Waals surface area contributed by atoms with E-state index in [1.165, 1.54) is 12.1 Å². The number of carbonyl (C=O) groups excluding carboxylic acids is 1. The zero-order valence-electron chi connectivity index (χ0n) is 13.0. The smallest absolute Gasteiger partial charge is 0.223 e. The van der Waals surface area contributed by atoms with Crippen molar-refractivity contribution in [2.24, 2.45) is 7.05 Å². The standard InChI is InChI=1S/C17H22N4O/c1-20-12-4-7-14(20)15-6-2-3-13-21(15)17(22)9-8-16-18-10-5-11-19-16/h4-5,7,10-12,15H,2-3,6,8-9,13H2,1H3. The van der Waals surface area contributed by atoms with Gasteiger partial charge in [0.05, 0.1) is 6.04 Å². The third-order valence-corrected chi connectivity index (χ3v) is 4.33. The van der Waals surface area contributed by atoms with Crippen molar-refractivity contribution in [3.05, 3.63) is 48.3 Å². The average Bonchev–Trinajstić information content (AvgIpc) is 2.99. The molecule has 1 atom stereocenters. The SMILES string of the molecule is Cn1cccc1C1CCCCN1C(=O)CCc1ncccn1. The summed E-state index contributed by atoms with van der Waals surface area (Å²) in [6.45, 7) is 0.852. The lowest BCUT2D eigenvalue weighted by atomic mass is 9.98. The van der Waals surface area contributed by atoms with Crippen LogP contribution >= 0.6 is 0 Å². The fourth-order valence-electron chi connectivity index (χ4n) is 3.18. The molecule has 116 valence electrons. The van der Waals surface area contributed by atoms with Crippen LogP contribution in [0.3, 0.4) is 0 Å². The fraction of sp³-hybridized carbons (Fsp3) is 0.471. The Morgan fingerprint density at radius 2 is 2.09 bits per heavy atom. The van der Waals surface area contributed by atoms with Crippen LogP contribution in [0.25, 0.3) is 0 Å². The second-order valence-corrected chi connectivity index (χ2v) is 5.81. The summed E-state index contributed by atoms with van der Waals surface area (Å²) in [4.78, 5) is 23.1. The van der Waals surface area contributed by atoms with Crippen molar-refractivity contribution in [3.8, 4) is 0 Å². The molecule has 0 aromatic carbocycles. The molecule has 1 aliphatic rings. The number of piperidine rings is 1. The normalized spacial score (nSPS) is 18.4. The molecular formula is C17H22N4O. The number of aromatic nitrogens is 3. The Hall–Kier alpha value is -2.17. The van der Waals surface area contributed by atoms with Gasteiger partial charge in [0, 0.05) is 50.7 Å². The van der Waals surface area contributed by atoms with Crippen LogP contribution in [0.4, 0.5) is 0 Å². The molecular weight excluding hydrogens is 276 g/mol. The first kappa shape index (κ1) is 14.8. The molecule has 22 heavy (non-hydrogen) atoms. The van der Waals surface area contributed by atoms with Gasteiger partial charge in [-0.25, -0.2) is 9.97 Å². The van der Waals surface area contributed by atoms with E-state index in [1.54, 1.807) is 18.5 Å². The number of hydrogen-bond donors (Lipinski definition) is 0. The summed E-state index contributed by atoms with van der Waals surface area (Å²) < 4.78 is 2.12. The molecule has 5 nitrogen and oxygen atoms in total. The maximum Gasteiger partial charge on any atom is 0.223 e. The monoisotopic (exact) mass is 298 g/mol. The van der Waals surface area contributed by atoms with E-state index < -0.39 is 0 Å². The lowest BCUT2D eigenvalue weighted by Gasteiger charge is -2.36. The van der Waals surface area contributed by atoms with E-state index >= 15 is 0 Å². The van der Waals surface area contributed by atoms with Crippen molar-refractivity contribution in [1.82, 2.24) is 19.4 Å². The Balaban J connectivity index is 1.68. The molecule has 0 saturated carbocycles. The van der Waals surface area contributed by atoms with Crippen LogP contribution in [0.2, 0.25) is 0 Å². The molecule has 0 aliphatic carbocycles. The van der Waals surface area contributed by atoms with E-state index in [0.29, 0.717) is 12.8 Å². The molecule has 3 rings (SSSR count). The van der Waals surface area contributed by atoms with E-state index in [2.05, 4.69) is 20.6 Å². The lowest BCUT2D eigenvalue weighted by molar-refractivity contribution is -0.135. The number of likely N-dealkylation sites (tertiary alicyclic amines) is 1. The number of carbonyl (C=O) groups is 1. The molecule has 2 aromatic rings. The van der Waals surface area contributed by atoms with Gasteiger partial charge in [0.15, 0.2) is 0 Å². The highest BCUT2D eigenvalue weighted by Crippen LogP contribution is 2.31. The maximum atomic E-state index is 12.6. The molecule has 0 spiro atoms. The third kappa shape index (κ3) is 3.18. The third-order valence-electron chi connectivity index (χ3n) is 4.33. The summed E-state index contributed by atoms with van der Waals surface area (Å²) in [5.41, 5.74) is 1.23.